The lowest BCUT2D eigenvalue weighted by Crippen LogP contribution is -2.08. The van der Waals surface area contributed by atoms with Gasteiger partial charge in [-0.3, -0.25) is 0 Å². The van der Waals surface area contributed by atoms with E-state index >= 15 is 0 Å². The van der Waals surface area contributed by atoms with Crippen molar-refractivity contribution >= 4 is 21.7 Å². The van der Waals surface area contributed by atoms with E-state index in [1.807, 2.05) is 0 Å². The van der Waals surface area contributed by atoms with Crippen molar-refractivity contribution in [3.8, 4) is 22.3 Å². The molecule has 0 spiro atoms. The van der Waals surface area contributed by atoms with Crippen molar-refractivity contribution in [2.45, 2.75) is 129 Å². The summed E-state index contributed by atoms with van der Waals surface area (Å²) in [6.45, 7) is 9.25. The first-order valence-corrected chi connectivity index (χ1v) is 22.0. The summed E-state index contributed by atoms with van der Waals surface area (Å²) in [5.41, 5.74) is 18.2. The molecule has 0 saturated heterocycles. The van der Waals surface area contributed by atoms with Gasteiger partial charge in [-0.05, 0) is 107 Å². The molecule has 0 saturated carbocycles. The predicted octanol–water partition coefficient (Wildman–Crippen LogP) is 13.8. The van der Waals surface area contributed by atoms with Crippen LogP contribution in [0.5, 0.6) is 0 Å². The van der Waals surface area contributed by atoms with Crippen molar-refractivity contribution < 1.29 is 0 Å². The van der Waals surface area contributed by atoms with Crippen molar-refractivity contribution in [3.05, 3.63) is 129 Å². The van der Waals surface area contributed by atoms with Crippen LogP contribution in [0.2, 0.25) is 12.1 Å². The minimum Gasteiger partial charge on any atom is -0.0654 e. The summed E-state index contributed by atoms with van der Waals surface area (Å²) >= 11 is 0. The van der Waals surface area contributed by atoms with Gasteiger partial charge in [0.25, 0.3) is 0 Å². The predicted molar refractivity (Wildman–Crippen MR) is 220 cm³/mol. The quantitative estimate of drug-likeness (QED) is 0.0929. The number of hydrogen-bond donors (Lipinski definition) is 0. The fraction of sp³-hybridized carbons (Fsp3) is 0.417. The zero-order valence-corrected chi connectivity index (χ0v) is 32.4. The summed E-state index contributed by atoms with van der Waals surface area (Å²) in [6.07, 6.45) is 20.2. The van der Waals surface area contributed by atoms with Gasteiger partial charge >= 0.3 is 0 Å². The Kier molecular flexibility index (Phi) is 12.6. The van der Waals surface area contributed by atoms with E-state index in [0.29, 0.717) is 11.8 Å². The Hall–Kier alpha value is -3.42. The van der Waals surface area contributed by atoms with E-state index in [-0.39, 0.29) is 9.52 Å². The molecule has 0 N–H and O–H groups in total. The molecule has 49 heavy (non-hydrogen) atoms. The molecule has 2 unspecified atom stereocenters. The van der Waals surface area contributed by atoms with Crippen molar-refractivity contribution in [1.29, 1.82) is 0 Å². The Morgan fingerprint density at radius 3 is 1.22 bits per heavy atom. The molecule has 0 nitrogen and oxygen atoms in total. The normalized spacial score (nSPS) is 16.7. The monoisotopic (exact) mass is 664 g/mol. The Labute approximate surface area is 301 Å². The number of benzene rings is 4. The minimum absolute atomic E-state index is 0.296. The fourth-order valence-corrected chi connectivity index (χ4v) is 10.9. The van der Waals surface area contributed by atoms with Crippen LogP contribution in [0.25, 0.3) is 34.4 Å². The molecule has 0 fully saturated rings. The lowest BCUT2D eigenvalue weighted by atomic mass is 9.91. The van der Waals surface area contributed by atoms with Gasteiger partial charge in [0, 0.05) is 21.4 Å². The standard InChI is InChI=1S/C48H60Si/c1-5-9-15-35-23-27-37(28-24-35)41-19-13-21-43-45(41)31-39(17-11-7-3)47(43)33-49-34-48-40(18-12-8-4)32-46-42(20-14-22-44(46)48)38-29-25-36(26-30-38)16-10-6-2/h13-14,19-32,47-48H,5-12,15-18,33-34,49H2,1-4H3. The smallest absolute Gasteiger partial charge is 0.0218 e. The summed E-state index contributed by atoms with van der Waals surface area (Å²) in [6, 6.07) is 36.0. The van der Waals surface area contributed by atoms with Gasteiger partial charge in [0.05, 0.1) is 0 Å². The number of fused-ring (bicyclic) bond motifs is 2. The van der Waals surface area contributed by atoms with Gasteiger partial charge < -0.3 is 0 Å². The number of rotatable bonds is 18. The average Bonchev–Trinajstić information content (AvgIpc) is 3.69. The van der Waals surface area contributed by atoms with Crippen molar-refractivity contribution in [3.63, 3.8) is 0 Å². The fourth-order valence-electron chi connectivity index (χ4n) is 8.50. The van der Waals surface area contributed by atoms with Gasteiger partial charge in [-0.15, -0.1) is 0 Å². The maximum absolute atomic E-state index is 2.61. The largest absolute Gasteiger partial charge is 0.0654 e. The van der Waals surface area contributed by atoms with Crippen molar-refractivity contribution in [2.24, 2.45) is 0 Å². The van der Waals surface area contributed by atoms with Crippen LogP contribution in [-0.2, 0) is 12.8 Å². The molecule has 0 heterocycles. The third-order valence-corrected chi connectivity index (χ3v) is 13.3. The summed E-state index contributed by atoms with van der Waals surface area (Å²) in [5, 5.41) is 0. The Morgan fingerprint density at radius 1 is 0.449 bits per heavy atom. The molecule has 1 heteroatoms. The Balaban J connectivity index is 1.22. The van der Waals surface area contributed by atoms with Gasteiger partial charge in [-0.2, -0.15) is 0 Å². The molecular formula is C48H60Si. The van der Waals surface area contributed by atoms with Crippen LogP contribution in [0.1, 0.15) is 137 Å². The third-order valence-electron chi connectivity index (χ3n) is 11.4. The number of allylic oxidation sites excluding steroid dienone is 2. The third kappa shape index (κ3) is 8.32. The van der Waals surface area contributed by atoms with E-state index in [4.69, 9.17) is 0 Å². The summed E-state index contributed by atoms with van der Waals surface area (Å²) in [7, 11) is -0.296. The lowest BCUT2D eigenvalue weighted by Gasteiger charge is -2.21. The van der Waals surface area contributed by atoms with E-state index in [9.17, 15) is 0 Å². The zero-order chi connectivity index (χ0) is 34.0. The van der Waals surface area contributed by atoms with E-state index in [1.165, 1.54) is 134 Å². The second kappa shape index (κ2) is 17.5. The molecular weight excluding hydrogens is 605 g/mol. The maximum Gasteiger partial charge on any atom is 0.0218 e. The Morgan fingerprint density at radius 2 is 0.837 bits per heavy atom. The average molecular weight is 665 g/mol. The first-order valence-electron chi connectivity index (χ1n) is 20.0. The van der Waals surface area contributed by atoms with Crippen LogP contribution in [0.4, 0.5) is 0 Å². The van der Waals surface area contributed by atoms with Crippen LogP contribution in [0.3, 0.4) is 0 Å². The van der Waals surface area contributed by atoms with Gasteiger partial charge in [0.15, 0.2) is 0 Å². The topological polar surface area (TPSA) is 0 Å². The number of unbranched alkanes of at least 4 members (excludes halogenated alkanes) is 4. The second-order valence-corrected chi connectivity index (χ2v) is 16.8. The van der Waals surface area contributed by atoms with Gasteiger partial charge in [-0.1, -0.05) is 174 Å². The molecule has 0 amide bonds. The summed E-state index contributed by atoms with van der Waals surface area (Å²) in [4.78, 5) is 0. The van der Waals surface area contributed by atoms with Gasteiger partial charge in [-0.25, -0.2) is 0 Å². The SMILES string of the molecule is CCCCC1=Cc2c(-c3ccc(CCCC)cc3)cccc2C1C[SiH2]CC1C(CCCC)=Cc2c(-c3ccc(CCCC)cc3)cccc21. The summed E-state index contributed by atoms with van der Waals surface area (Å²) < 4.78 is 0. The highest BCUT2D eigenvalue weighted by Gasteiger charge is 2.30. The van der Waals surface area contributed by atoms with E-state index in [1.54, 1.807) is 22.3 Å². The molecule has 4 aromatic rings. The summed E-state index contributed by atoms with van der Waals surface area (Å²) in [5.74, 6) is 1.22. The van der Waals surface area contributed by atoms with E-state index in [2.05, 4.69) is 125 Å². The molecule has 4 aromatic carbocycles. The highest BCUT2D eigenvalue weighted by Crippen LogP contribution is 2.48. The molecule has 0 radical (unpaired) electrons. The van der Waals surface area contributed by atoms with E-state index < -0.39 is 0 Å². The highest BCUT2D eigenvalue weighted by molar-refractivity contribution is 6.36. The van der Waals surface area contributed by atoms with Gasteiger partial charge in [0.1, 0.15) is 0 Å². The van der Waals surface area contributed by atoms with Crippen LogP contribution in [-0.4, -0.2) is 9.52 Å². The zero-order valence-electron chi connectivity index (χ0n) is 31.0. The first-order chi connectivity index (χ1) is 24.1. The van der Waals surface area contributed by atoms with Gasteiger partial charge in [0.2, 0.25) is 0 Å². The van der Waals surface area contributed by atoms with Crippen LogP contribution >= 0.6 is 0 Å². The second-order valence-electron chi connectivity index (χ2n) is 14.9. The number of hydrogen-bond acceptors (Lipinski definition) is 0. The maximum atomic E-state index is 2.61. The molecule has 0 aliphatic heterocycles. The molecule has 0 aromatic heterocycles. The molecule has 2 atom stereocenters. The number of aryl methyl sites for hydroxylation is 2. The highest BCUT2D eigenvalue weighted by atomic mass is 28.2. The lowest BCUT2D eigenvalue weighted by molar-refractivity contribution is 0.730. The molecule has 256 valence electrons. The molecule has 0 bridgehead atoms. The van der Waals surface area contributed by atoms with E-state index in [0.717, 1.165) is 0 Å². The molecule has 2 aliphatic carbocycles. The van der Waals surface area contributed by atoms with Crippen molar-refractivity contribution in [2.75, 3.05) is 0 Å². The molecule has 2 aliphatic rings. The molecule has 6 rings (SSSR count). The first kappa shape index (κ1) is 35.4. The van der Waals surface area contributed by atoms with Crippen LogP contribution < -0.4 is 0 Å². The van der Waals surface area contributed by atoms with Crippen LogP contribution in [0, 0.1) is 0 Å². The minimum atomic E-state index is -0.296. The Bertz CT molecular complexity index is 1590. The van der Waals surface area contributed by atoms with Crippen LogP contribution in [0.15, 0.2) is 96.1 Å². The van der Waals surface area contributed by atoms with Crippen molar-refractivity contribution in [1.82, 2.24) is 0 Å².